The molecule has 0 unspecified atom stereocenters. The summed E-state index contributed by atoms with van der Waals surface area (Å²) in [5.74, 6) is 0.804. The molecule has 0 heterocycles. The molecule has 2 rings (SSSR count). The first-order chi connectivity index (χ1) is 8.34. The predicted molar refractivity (Wildman–Crippen MR) is 73.2 cm³/mol. The van der Waals surface area contributed by atoms with Crippen LogP contribution in [0.1, 0.15) is 5.56 Å². The van der Waals surface area contributed by atoms with Crippen molar-refractivity contribution in [3.8, 4) is 5.75 Å². The van der Waals surface area contributed by atoms with Crippen LogP contribution in [0, 0.1) is 0 Å². The molecule has 0 amide bonds. The molecule has 17 heavy (non-hydrogen) atoms. The summed E-state index contributed by atoms with van der Waals surface area (Å²) in [5, 5.41) is 0. The lowest BCUT2D eigenvalue weighted by Crippen LogP contribution is -1.95. The first kappa shape index (κ1) is 13.4. The molecule has 0 atom stereocenters. The fourth-order valence-corrected chi connectivity index (χ4v) is 1.35. The Bertz CT molecular complexity index is 434. The summed E-state index contributed by atoms with van der Waals surface area (Å²) < 4.78 is 12.3. The average Bonchev–Trinajstić information content (AvgIpc) is 2.40. The summed E-state index contributed by atoms with van der Waals surface area (Å²) in [6, 6.07) is 17.5. The number of hydrogen-bond acceptors (Lipinski definition) is 4. The van der Waals surface area contributed by atoms with Crippen molar-refractivity contribution in [3.63, 3.8) is 0 Å². The molecule has 0 aromatic heterocycles. The second kappa shape index (κ2) is 7.60. The molecule has 2 aromatic carbocycles. The number of hydrogen-bond donors (Lipinski definition) is 3. The van der Waals surface area contributed by atoms with Crippen LogP contribution in [0.5, 0.6) is 5.75 Å². The zero-order valence-electron chi connectivity index (χ0n) is 9.28. The van der Waals surface area contributed by atoms with Gasteiger partial charge in [-0.25, -0.2) is 0 Å². The average molecular weight is 249 g/mol. The van der Waals surface area contributed by atoms with Crippen LogP contribution in [0.15, 0.2) is 54.6 Å². The summed E-state index contributed by atoms with van der Waals surface area (Å²) in [7, 11) is 0. The van der Waals surface area contributed by atoms with Gasteiger partial charge < -0.3 is 15.0 Å². The fourth-order valence-electron chi connectivity index (χ4n) is 1.35. The summed E-state index contributed by atoms with van der Waals surface area (Å²) >= 11 is 2.53. The van der Waals surface area contributed by atoms with E-state index in [1.54, 1.807) is 0 Å². The van der Waals surface area contributed by atoms with Crippen molar-refractivity contribution in [2.75, 3.05) is 5.73 Å². The first-order valence-corrected chi connectivity index (χ1v) is 5.47. The van der Waals surface area contributed by atoms with E-state index in [2.05, 4.69) is 12.9 Å². The number of thiol groups is 1. The van der Waals surface area contributed by atoms with E-state index in [4.69, 9.17) is 15.0 Å². The third-order valence-electron chi connectivity index (χ3n) is 2.11. The number of benzene rings is 2. The zero-order valence-corrected chi connectivity index (χ0v) is 10.2. The van der Waals surface area contributed by atoms with Gasteiger partial charge in [-0.2, -0.15) is 0 Å². The van der Waals surface area contributed by atoms with E-state index in [9.17, 15) is 0 Å². The Labute approximate surface area is 106 Å². The lowest BCUT2D eigenvalue weighted by atomic mass is 10.2. The summed E-state index contributed by atoms with van der Waals surface area (Å²) in [4.78, 5) is 0. The van der Waals surface area contributed by atoms with Gasteiger partial charge in [0, 0.05) is 11.8 Å². The van der Waals surface area contributed by atoms with Crippen LogP contribution in [0.2, 0.25) is 0 Å². The maximum absolute atomic E-state index is 6.69. The van der Waals surface area contributed by atoms with E-state index in [0.29, 0.717) is 6.61 Å². The minimum Gasteiger partial charge on any atom is -0.489 e. The molecule has 3 N–H and O–H groups in total. The van der Waals surface area contributed by atoms with Crippen molar-refractivity contribution in [2.45, 2.75) is 6.61 Å². The Hall–Kier alpha value is -1.65. The molecule has 0 aliphatic carbocycles. The maximum Gasteiger partial charge on any atom is 0.121 e. The molecule has 0 saturated carbocycles. The Morgan fingerprint density at radius 3 is 2.35 bits per heavy atom. The van der Waals surface area contributed by atoms with Gasteiger partial charge in [-0.15, -0.1) is 0 Å². The standard InChI is InChI=1S/C13H13NO.H2OS/c14-12-7-4-8-13(9-12)15-10-11-5-2-1-3-6-11;1-2/h1-9H,10,14H2;1-2H. The molecular formula is C13H15NO2S. The highest BCUT2D eigenvalue weighted by atomic mass is 32.1. The van der Waals surface area contributed by atoms with Crippen LogP contribution in [0.25, 0.3) is 0 Å². The van der Waals surface area contributed by atoms with Gasteiger partial charge in [0.25, 0.3) is 0 Å². The van der Waals surface area contributed by atoms with Gasteiger partial charge in [-0.3, -0.25) is 0 Å². The zero-order chi connectivity index (χ0) is 12.5. The molecule has 0 aliphatic rings. The molecule has 0 saturated heterocycles. The smallest absolute Gasteiger partial charge is 0.121 e. The summed E-state index contributed by atoms with van der Waals surface area (Å²) in [6.07, 6.45) is 0. The number of anilines is 1. The second-order valence-electron chi connectivity index (χ2n) is 3.35. The van der Waals surface area contributed by atoms with Gasteiger partial charge in [0.05, 0.1) is 0 Å². The minimum absolute atomic E-state index is 0.574. The normalized spacial score (nSPS) is 9.06. The lowest BCUT2D eigenvalue weighted by molar-refractivity contribution is 0.306. The van der Waals surface area contributed by atoms with Crippen LogP contribution in [0.3, 0.4) is 0 Å². The molecule has 4 heteroatoms. The highest BCUT2D eigenvalue weighted by Crippen LogP contribution is 2.15. The molecule has 0 fully saturated rings. The molecule has 0 bridgehead atoms. The molecule has 0 spiro atoms. The monoisotopic (exact) mass is 249 g/mol. The fraction of sp³-hybridized carbons (Fsp3) is 0.0769. The van der Waals surface area contributed by atoms with Crippen LogP contribution in [0.4, 0.5) is 5.69 Å². The summed E-state index contributed by atoms with van der Waals surface area (Å²) in [6.45, 7) is 0.574. The third-order valence-corrected chi connectivity index (χ3v) is 2.11. The van der Waals surface area contributed by atoms with Gasteiger partial charge in [-0.1, -0.05) is 36.4 Å². The van der Waals surface area contributed by atoms with Gasteiger partial charge in [-0.05, 0) is 30.6 Å². The molecule has 90 valence electrons. The van der Waals surface area contributed by atoms with Crippen LogP contribution in [-0.2, 0) is 6.61 Å². The molecule has 0 aliphatic heterocycles. The number of nitrogen functional groups attached to an aromatic ring is 1. The maximum atomic E-state index is 6.69. The highest BCUT2D eigenvalue weighted by molar-refractivity contribution is 7.74. The quantitative estimate of drug-likeness (QED) is 0.444. The summed E-state index contributed by atoms with van der Waals surface area (Å²) in [5.41, 5.74) is 7.52. The van der Waals surface area contributed by atoms with Crippen molar-refractivity contribution in [1.29, 1.82) is 0 Å². The van der Waals surface area contributed by atoms with E-state index >= 15 is 0 Å². The lowest BCUT2D eigenvalue weighted by Gasteiger charge is -2.06. The third kappa shape index (κ3) is 4.80. The predicted octanol–water partition coefficient (Wildman–Crippen LogP) is 3.24. The van der Waals surface area contributed by atoms with Gasteiger partial charge in [0.1, 0.15) is 12.4 Å². The topological polar surface area (TPSA) is 55.5 Å². The van der Waals surface area contributed by atoms with Gasteiger partial charge >= 0.3 is 0 Å². The SMILES string of the molecule is Nc1cccc(OCc2ccccc2)c1.OS. The van der Waals surface area contributed by atoms with Crippen LogP contribution in [-0.4, -0.2) is 4.55 Å². The van der Waals surface area contributed by atoms with Crippen molar-refractivity contribution < 1.29 is 9.29 Å². The van der Waals surface area contributed by atoms with E-state index < -0.39 is 0 Å². The number of ether oxygens (including phenoxy) is 1. The Kier molecular flexibility index (Phi) is 5.99. The largest absolute Gasteiger partial charge is 0.489 e. The molecule has 2 aromatic rings. The number of nitrogens with two attached hydrogens (primary N) is 1. The Morgan fingerprint density at radius 1 is 1.00 bits per heavy atom. The van der Waals surface area contributed by atoms with E-state index in [1.165, 1.54) is 0 Å². The highest BCUT2D eigenvalue weighted by Gasteiger charge is 1.95. The van der Waals surface area contributed by atoms with Crippen molar-refractivity contribution in [2.24, 2.45) is 0 Å². The Morgan fingerprint density at radius 2 is 1.71 bits per heavy atom. The van der Waals surface area contributed by atoms with Crippen LogP contribution >= 0.6 is 12.9 Å². The molecule has 3 nitrogen and oxygen atoms in total. The molecule has 0 radical (unpaired) electrons. The van der Waals surface area contributed by atoms with Gasteiger partial charge in [0.2, 0.25) is 0 Å². The van der Waals surface area contributed by atoms with Crippen molar-refractivity contribution in [1.82, 2.24) is 0 Å². The first-order valence-electron chi connectivity index (χ1n) is 5.07. The van der Waals surface area contributed by atoms with Gasteiger partial charge in [0.15, 0.2) is 0 Å². The number of rotatable bonds is 3. The molecular weight excluding hydrogens is 234 g/mol. The Balaban J connectivity index is 0.000000686. The van der Waals surface area contributed by atoms with Crippen molar-refractivity contribution in [3.05, 3.63) is 60.2 Å². The minimum atomic E-state index is 0.574. The van der Waals surface area contributed by atoms with E-state index in [-0.39, 0.29) is 0 Å². The van der Waals surface area contributed by atoms with E-state index in [0.717, 1.165) is 17.0 Å². The second-order valence-corrected chi connectivity index (χ2v) is 3.35. The van der Waals surface area contributed by atoms with Crippen molar-refractivity contribution >= 4 is 18.6 Å². The van der Waals surface area contributed by atoms with E-state index in [1.807, 2.05) is 54.6 Å². The van der Waals surface area contributed by atoms with Crippen LogP contribution < -0.4 is 10.5 Å².